The average Bonchev–Trinajstić information content (AvgIpc) is 2.65. The summed E-state index contributed by atoms with van der Waals surface area (Å²) in [6.07, 6.45) is 5.77. The normalized spacial score (nSPS) is 14.4. The first-order valence-electron chi connectivity index (χ1n) is 10.4. The van der Waals surface area contributed by atoms with E-state index < -0.39 is 21.3 Å². The summed E-state index contributed by atoms with van der Waals surface area (Å²) in [5.74, 6) is -0.465. The van der Waals surface area contributed by atoms with Crippen LogP contribution in [0.2, 0.25) is 0 Å². The van der Waals surface area contributed by atoms with Gasteiger partial charge in [-0.2, -0.15) is 8.42 Å². The van der Waals surface area contributed by atoms with Gasteiger partial charge in [0, 0.05) is 0 Å². The fourth-order valence-corrected chi connectivity index (χ4v) is 3.13. The van der Waals surface area contributed by atoms with E-state index in [0.717, 1.165) is 32.1 Å². The van der Waals surface area contributed by atoms with E-state index in [1.54, 1.807) is 0 Å². The minimum absolute atomic E-state index is 0. The summed E-state index contributed by atoms with van der Waals surface area (Å²) >= 11 is 0. The maximum absolute atomic E-state index is 11.8. The SMILES string of the molecule is CCCCC(CC)COC(=O)CCC(=O)OCC(CC)CCC(C)S(=O)(=O)O.[NaH]. The van der Waals surface area contributed by atoms with Crippen molar-refractivity contribution < 1.29 is 32.0 Å². The molecule has 0 saturated carbocycles. The van der Waals surface area contributed by atoms with Crippen LogP contribution in [0.1, 0.15) is 85.5 Å². The fourth-order valence-electron chi connectivity index (χ4n) is 2.69. The Bertz CT molecular complexity index is 551. The Hall–Kier alpha value is -0.150. The van der Waals surface area contributed by atoms with Crippen molar-refractivity contribution in [1.29, 1.82) is 0 Å². The molecular formula is C20H39NaO7S. The summed E-state index contributed by atoms with van der Waals surface area (Å²) < 4.78 is 41.5. The second kappa shape index (κ2) is 17.5. The molecule has 0 saturated heterocycles. The van der Waals surface area contributed by atoms with E-state index in [-0.39, 0.29) is 60.9 Å². The van der Waals surface area contributed by atoms with Crippen molar-refractivity contribution in [2.24, 2.45) is 11.8 Å². The minimum atomic E-state index is -4.03. The Morgan fingerprint density at radius 3 is 1.69 bits per heavy atom. The van der Waals surface area contributed by atoms with Crippen LogP contribution in [0.5, 0.6) is 0 Å². The average molecular weight is 447 g/mol. The third-order valence-corrected chi connectivity index (χ3v) is 6.36. The first kappa shape index (κ1) is 31.0. The number of esters is 2. The van der Waals surface area contributed by atoms with Crippen molar-refractivity contribution in [3.8, 4) is 0 Å². The number of carbonyl (C=O) groups excluding carboxylic acids is 2. The van der Waals surface area contributed by atoms with E-state index in [0.29, 0.717) is 25.4 Å². The Kier molecular flexibility index (Phi) is 18.8. The number of ether oxygens (including phenoxy) is 2. The molecule has 0 aliphatic carbocycles. The molecule has 3 unspecified atom stereocenters. The molecule has 0 radical (unpaired) electrons. The summed E-state index contributed by atoms with van der Waals surface area (Å²) in [6.45, 7) is 8.16. The van der Waals surface area contributed by atoms with Crippen molar-refractivity contribution in [2.75, 3.05) is 13.2 Å². The first-order chi connectivity index (χ1) is 13.1. The quantitative estimate of drug-likeness (QED) is 0.220. The molecule has 0 aliphatic heterocycles. The van der Waals surface area contributed by atoms with Gasteiger partial charge in [0.1, 0.15) is 0 Å². The molecule has 0 aromatic heterocycles. The molecule has 0 aliphatic rings. The van der Waals surface area contributed by atoms with E-state index in [4.69, 9.17) is 14.0 Å². The molecule has 0 spiro atoms. The van der Waals surface area contributed by atoms with Gasteiger partial charge in [-0.15, -0.1) is 0 Å². The molecule has 0 rings (SSSR count). The van der Waals surface area contributed by atoms with Crippen LogP contribution in [0, 0.1) is 11.8 Å². The van der Waals surface area contributed by atoms with Crippen LogP contribution in [-0.2, 0) is 29.2 Å². The van der Waals surface area contributed by atoms with Gasteiger partial charge in [-0.25, -0.2) is 0 Å². The number of rotatable bonds is 16. The van der Waals surface area contributed by atoms with Gasteiger partial charge in [-0.3, -0.25) is 14.1 Å². The molecule has 7 nitrogen and oxygen atoms in total. The number of carbonyl (C=O) groups is 2. The third kappa shape index (κ3) is 16.2. The molecule has 168 valence electrons. The van der Waals surface area contributed by atoms with Gasteiger partial charge in [0.25, 0.3) is 10.1 Å². The van der Waals surface area contributed by atoms with Crippen molar-refractivity contribution in [3.05, 3.63) is 0 Å². The van der Waals surface area contributed by atoms with E-state index >= 15 is 0 Å². The van der Waals surface area contributed by atoms with E-state index in [2.05, 4.69) is 13.8 Å². The van der Waals surface area contributed by atoms with Crippen LogP contribution in [0.15, 0.2) is 0 Å². The summed E-state index contributed by atoms with van der Waals surface area (Å²) in [6, 6.07) is 0. The maximum atomic E-state index is 11.8. The second-order valence-corrected chi connectivity index (χ2v) is 9.29. The zero-order valence-electron chi connectivity index (χ0n) is 17.8. The molecular weight excluding hydrogens is 407 g/mol. The van der Waals surface area contributed by atoms with Gasteiger partial charge in [0.15, 0.2) is 0 Å². The summed E-state index contributed by atoms with van der Waals surface area (Å²) in [4.78, 5) is 23.6. The Labute approximate surface area is 198 Å². The molecule has 0 heterocycles. The van der Waals surface area contributed by atoms with Gasteiger partial charge >= 0.3 is 41.5 Å². The van der Waals surface area contributed by atoms with E-state index in [1.165, 1.54) is 6.92 Å². The van der Waals surface area contributed by atoms with Crippen molar-refractivity contribution in [1.82, 2.24) is 0 Å². The summed E-state index contributed by atoms with van der Waals surface area (Å²) in [5, 5.41) is -0.837. The monoisotopic (exact) mass is 446 g/mol. The van der Waals surface area contributed by atoms with Crippen LogP contribution < -0.4 is 0 Å². The summed E-state index contributed by atoms with van der Waals surface area (Å²) in [5.41, 5.74) is 0. The predicted molar refractivity (Wildman–Crippen MR) is 116 cm³/mol. The molecule has 0 aromatic carbocycles. The molecule has 9 heteroatoms. The van der Waals surface area contributed by atoms with Crippen LogP contribution in [0.3, 0.4) is 0 Å². The number of hydrogen-bond acceptors (Lipinski definition) is 6. The van der Waals surface area contributed by atoms with Gasteiger partial charge < -0.3 is 9.47 Å². The molecule has 0 bridgehead atoms. The van der Waals surface area contributed by atoms with E-state index in [1.807, 2.05) is 6.92 Å². The van der Waals surface area contributed by atoms with Gasteiger partial charge in [-0.1, -0.05) is 46.5 Å². The topological polar surface area (TPSA) is 107 Å². The molecule has 1 N–H and O–H groups in total. The molecule has 3 atom stereocenters. The Morgan fingerprint density at radius 1 is 0.862 bits per heavy atom. The first-order valence-corrected chi connectivity index (χ1v) is 11.9. The van der Waals surface area contributed by atoms with Gasteiger partial charge in [0.05, 0.1) is 31.3 Å². The zero-order valence-corrected chi connectivity index (χ0v) is 18.6. The standard InChI is InChI=1S/C20H38O7S.Na.H/c1-5-8-9-17(6-2)14-26-19(21)12-13-20(22)27-15-18(7-3)11-10-16(4)28(23,24)25;;/h16-18H,5-15H2,1-4H3,(H,23,24,25);;. The molecule has 29 heavy (non-hydrogen) atoms. The van der Waals surface area contributed by atoms with Crippen LogP contribution >= 0.6 is 0 Å². The van der Waals surface area contributed by atoms with Crippen molar-refractivity contribution in [2.45, 2.75) is 90.7 Å². The van der Waals surface area contributed by atoms with Crippen molar-refractivity contribution in [3.63, 3.8) is 0 Å². The van der Waals surface area contributed by atoms with E-state index in [9.17, 15) is 18.0 Å². The Balaban J connectivity index is 0. The van der Waals surface area contributed by atoms with Crippen LogP contribution in [-0.4, -0.2) is 72.9 Å². The van der Waals surface area contributed by atoms with Crippen molar-refractivity contribution >= 4 is 51.6 Å². The number of hydrogen-bond donors (Lipinski definition) is 1. The second-order valence-electron chi connectivity index (χ2n) is 7.46. The van der Waals surface area contributed by atoms with Crippen LogP contribution in [0.25, 0.3) is 0 Å². The van der Waals surface area contributed by atoms with Crippen LogP contribution in [0.4, 0.5) is 0 Å². The summed E-state index contributed by atoms with van der Waals surface area (Å²) in [7, 11) is -4.03. The molecule has 0 aromatic rings. The third-order valence-electron chi connectivity index (χ3n) is 5.10. The van der Waals surface area contributed by atoms with Gasteiger partial charge in [-0.05, 0) is 38.0 Å². The number of unbranched alkanes of at least 4 members (excludes halogenated alkanes) is 1. The Morgan fingerprint density at radius 2 is 1.31 bits per heavy atom. The molecule has 0 amide bonds. The predicted octanol–water partition coefficient (Wildman–Crippen LogP) is 3.50. The molecule has 0 fully saturated rings. The zero-order chi connectivity index (χ0) is 21.6. The van der Waals surface area contributed by atoms with Gasteiger partial charge in [0.2, 0.25) is 0 Å². The fraction of sp³-hybridized carbons (Fsp3) is 0.900.